The highest BCUT2D eigenvalue weighted by Crippen LogP contribution is 2.28. The van der Waals surface area contributed by atoms with E-state index in [9.17, 15) is 4.79 Å². The zero-order valence-electron chi connectivity index (χ0n) is 11.3. The van der Waals surface area contributed by atoms with Crippen molar-refractivity contribution >= 4 is 40.9 Å². The minimum Gasteiger partial charge on any atom is -0.339 e. The molecule has 2 saturated heterocycles. The number of likely N-dealkylation sites (tertiary alicyclic amines) is 1. The van der Waals surface area contributed by atoms with Gasteiger partial charge in [-0.1, -0.05) is 12.1 Å². The number of hydrogen-bond donors (Lipinski definition) is 1. The molecule has 2 atom stereocenters. The monoisotopic (exact) mass is 406 g/mol. The standard InChI is InChI=1S/C15H19IN2O.ClH/c16-14-4-2-1-3-13(14)15(19)18-7-5-11-9-17-10-12(11)6-8-18;/h1-4,11-12,17H,5-10H2;1H/t11-,12+;. The van der Waals surface area contributed by atoms with E-state index in [1.807, 2.05) is 24.3 Å². The average molecular weight is 407 g/mol. The highest BCUT2D eigenvalue weighted by molar-refractivity contribution is 14.1. The van der Waals surface area contributed by atoms with Crippen LogP contribution >= 0.6 is 35.0 Å². The summed E-state index contributed by atoms with van der Waals surface area (Å²) < 4.78 is 1.05. The Kier molecular flexibility index (Phi) is 5.69. The second-order valence-electron chi connectivity index (χ2n) is 5.53. The normalized spacial score (nSPS) is 25.6. The number of amides is 1. The molecule has 1 aromatic carbocycles. The van der Waals surface area contributed by atoms with Crippen molar-refractivity contribution in [2.24, 2.45) is 11.8 Å². The van der Waals surface area contributed by atoms with E-state index < -0.39 is 0 Å². The molecule has 0 aliphatic carbocycles. The van der Waals surface area contributed by atoms with Gasteiger partial charge in [0.05, 0.1) is 5.56 Å². The number of benzene rings is 1. The largest absolute Gasteiger partial charge is 0.339 e. The van der Waals surface area contributed by atoms with Gasteiger partial charge in [0.1, 0.15) is 0 Å². The molecule has 2 fully saturated rings. The van der Waals surface area contributed by atoms with Gasteiger partial charge in [-0.25, -0.2) is 0 Å². The van der Waals surface area contributed by atoms with Gasteiger partial charge < -0.3 is 10.2 Å². The van der Waals surface area contributed by atoms with Crippen LogP contribution in [0.2, 0.25) is 0 Å². The molecular weight excluding hydrogens is 387 g/mol. The second-order valence-corrected chi connectivity index (χ2v) is 6.69. The molecule has 0 radical (unpaired) electrons. The molecule has 0 spiro atoms. The maximum Gasteiger partial charge on any atom is 0.254 e. The predicted octanol–water partition coefficient (Wildman–Crippen LogP) is 2.78. The average Bonchev–Trinajstić information content (AvgIpc) is 2.78. The van der Waals surface area contributed by atoms with Crippen LogP contribution in [0, 0.1) is 15.4 Å². The SMILES string of the molecule is Cl.O=C(c1ccccc1I)N1CC[C@@H]2CNC[C@@H]2CC1. The molecule has 2 aliphatic rings. The molecule has 2 aliphatic heterocycles. The van der Waals surface area contributed by atoms with Crippen LogP contribution in [0.1, 0.15) is 23.2 Å². The van der Waals surface area contributed by atoms with Crippen LogP contribution in [0.3, 0.4) is 0 Å². The number of rotatable bonds is 1. The van der Waals surface area contributed by atoms with E-state index in [0.29, 0.717) is 0 Å². The van der Waals surface area contributed by atoms with Crippen molar-refractivity contribution in [2.75, 3.05) is 26.2 Å². The molecule has 2 heterocycles. The van der Waals surface area contributed by atoms with Gasteiger partial charge in [-0.3, -0.25) is 4.79 Å². The minimum atomic E-state index is 0. The van der Waals surface area contributed by atoms with E-state index in [1.165, 1.54) is 0 Å². The fourth-order valence-corrected chi connectivity index (χ4v) is 3.84. The number of nitrogens with zero attached hydrogens (tertiary/aromatic N) is 1. The lowest BCUT2D eigenvalue weighted by Gasteiger charge is -2.21. The first-order valence-corrected chi connectivity index (χ1v) is 8.08. The first-order chi connectivity index (χ1) is 9.25. The Balaban J connectivity index is 0.00000147. The molecule has 0 unspecified atom stereocenters. The maximum absolute atomic E-state index is 12.6. The van der Waals surface area contributed by atoms with Gasteiger partial charge in [0.2, 0.25) is 0 Å². The van der Waals surface area contributed by atoms with Crippen molar-refractivity contribution in [2.45, 2.75) is 12.8 Å². The van der Waals surface area contributed by atoms with Crippen molar-refractivity contribution < 1.29 is 4.79 Å². The van der Waals surface area contributed by atoms with Crippen molar-refractivity contribution in [3.05, 3.63) is 33.4 Å². The molecule has 1 N–H and O–H groups in total. The zero-order chi connectivity index (χ0) is 13.2. The molecule has 1 amide bonds. The van der Waals surface area contributed by atoms with Crippen molar-refractivity contribution in [1.29, 1.82) is 0 Å². The highest BCUT2D eigenvalue weighted by atomic mass is 127. The van der Waals surface area contributed by atoms with Crippen molar-refractivity contribution in [3.8, 4) is 0 Å². The number of carbonyl (C=O) groups is 1. The van der Waals surface area contributed by atoms with E-state index in [1.54, 1.807) is 0 Å². The molecule has 3 nitrogen and oxygen atoms in total. The Morgan fingerprint density at radius 2 is 1.75 bits per heavy atom. The third kappa shape index (κ3) is 3.28. The summed E-state index contributed by atoms with van der Waals surface area (Å²) in [4.78, 5) is 14.6. The number of nitrogens with one attached hydrogen (secondary N) is 1. The second kappa shape index (κ2) is 7.09. The van der Waals surface area contributed by atoms with Gasteiger partial charge in [0.15, 0.2) is 0 Å². The third-order valence-corrected chi connectivity index (χ3v) is 5.35. The van der Waals surface area contributed by atoms with Gasteiger partial charge in [-0.05, 0) is 72.5 Å². The van der Waals surface area contributed by atoms with Crippen LogP contribution in [0.4, 0.5) is 0 Å². The highest BCUT2D eigenvalue weighted by Gasteiger charge is 2.31. The molecule has 20 heavy (non-hydrogen) atoms. The molecular formula is C15H20ClIN2O. The fourth-order valence-electron chi connectivity index (χ4n) is 3.23. The topological polar surface area (TPSA) is 32.3 Å². The summed E-state index contributed by atoms with van der Waals surface area (Å²) in [6.07, 6.45) is 2.29. The number of carbonyl (C=O) groups excluding carboxylic acids is 1. The molecule has 0 bridgehead atoms. The summed E-state index contributed by atoms with van der Waals surface area (Å²) in [5, 5.41) is 3.47. The predicted molar refractivity (Wildman–Crippen MR) is 91.4 cm³/mol. The lowest BCUT2D eigenvalue weighted by atomic mass is 9.92. The van der Waals surface area contributed by atoms with Gasteiger partial charge in [-0.15, -0.1) is 12.4 Å². The molecule has 110 valence electrons. The third-order valence-electron chi connectivity index (χ3n) is 4.41. The van der Waals surface area contributed by atoms with Gasteiger partial charge in [-0.2, -0.15) is 0 Å². The smallest absolute Gasteiger partial charge is 0.254 e. The van der Waals surface area contributed by atoms with Crippen molar-refractivity contribution in [1.82, 2.24) is 10.2 Å². The van der Waals surface area contributed by atoms with Crippen LogP contribution in [-0.4, -0.2) is 37.0 Å². The maximum atomic E-state index is 12.6. The van der Waals surface area contributed by atoms with E-state index in [-0.39, 0.29) is 18.3 Å². The Morgan fingerprint density at radius 1 is 1.15 bits per heavy atom. The lowest BCUT2D eigenvalue weighted by Crippen LogP contribution is -2.33. The first-order valence-electron chi connectivity index (χ1n) is 7.00. The summed E-state index contributed by atoms with van der Waals surface area (Å²) in [5.74, 6) is 1.75. The van der Waals surface area contributed by atoms with Crippen LogP contribution in [0.15, 0.2) is 24.3 Å². The summed E-state index contributed by atoms with van der Waals surface area (Å²) in [7, 11) is 0. The summed E-state index contributed by atoms with van der Waals surface area (Å²) in [5.41, 5.74) is 0.855. The first kappa shape index (κ1) is 16.0. The zero-order valence-corrected chi connectivity index (χ0v) is 14.3. The van der Waals surface area contributed by atoms with Crippen LogP contribution in [-0.2, 0) is 0 Å². The van der Waals surface area contributed by atoms with E-state index in [0.717, 1.165) is 60.0 Å². The summed E-state index contributed by atoms with van der Waals surface area (Å²) in [6.45, 7) is 4.09. The van der Waals surface area contributed by atoms with E-state index in [4.69, 9.17) is 0 Å². The molecule has 0 saturated carbocycles. The minimum absolute atomic E-state index is 0. The Hall–Kier alpha value is -0.330. The summed E-state index contributed by atoms with van der Waals surface area (Å²) >= 11 is 2.25. The summed E-state index contributed by atoms with van der Waals surface area (Å²) in [6, 6.07) is 7.88. The quantitative estimate of drug-likeness (QED) is 0.728. The van der Waals surface area contributed by atoms with Gasteiger partial charge >= 0.3 is 0 Å². The number of halogens is 2. The van der Waals surface area contributed by atoms with Crippen LogP contribution < -0.4 is 5.32 Å². The molecule has 1 aromatic rings. The van der Waals surface area contributed by atoms with E-state index >= 15 is 0 Å². The Morgan fingerprint density at radius 3 is 2.35 bits per heavy atom. The van der Waals surface area contributed by atoms with Crippen LogP contribution in [0.5, 0.6) is 0 Å². The molecule has 5 heteroatoms. The number of fused-ring (bicyclic) bond motifs is 1. The van der Waals surface area contributed by atoms with E-state index in [2.05, 4.69) is 32.8 Å². The van der Waals surface area contributed by atoms with Crippen molar-refractivity contribution in [3.63, 3.8) is 0 Å². The molecule has 3 rings (SSSR count). The van der Waals surface area contributed by atoms with Gasteiger partial charge in [0.25, 0.3) is 5.91 Å². The Bertz CT molecular complexity index is 469. The number of hydrogen-bond acceptors (Lipinski definition) is 2. The van der Waals surface area contributed by atoms with Crippen LogP contribution in [0.25, 0.3) is 0 Å². The van der Waals surface area contributed by atoms with Gasteiger partial charge in [0, 0.05) is 16.7 Å². The lowest BCUT2D eigenvalue weighted by molar-refractivity contribution is 0.0757. The Labute approximate surface area is 140 Å². The fraction of sp³-hybridized carbons (Fsp3) is 0.533. The molecule has 0 aromatic heterocycles.